The van der Waals surface area contributed by atoms with Crippen LogP contribution in [0.15, 0.2) is 47.5 Å². The largest absolute Gasteiger partial charge is 0.454 e. The fraction of sp³-hybridized carbons (Fsp3) is 0.250. The van der Waals surface area contributed by atoms with Gasteiger partial charge in [0.1, 0.15) is 5.00 Å². The van der Waals surface area contributed by atoms with E-state index in [1.807, 2.05) is 55.6 Å². The second kappa shape index (κ2) is 7.95. The lowest BCUT2D eigenvalue weighted by Gasteiger charge is -2.12. The van der Waals surface area contributed by atoms with Crippen LogP contribution in [0.3, 0.4) is 0 Å². The van der Waals surface area contributed by atoms with Gasteiger partial charge in [-0.05, 0) is 73.6 Å². The summed E-state index contributed by atoms with van der Waals surface area (Å²) in [4.78, 5) is 19.2. The summed E-state index contributed by atoms with van der Waals surface area (Å²) in [6.45, 7) is 2.27. The van der Waals surface area contributed by atoms with Gasteiger partial charge in [0.05, 0.1) is 5.56 Å². The van der Waals surface area contributed by atoms with Crippen molar-refractivity contribution in [2.45, 2.75) is 32.6 Å². The van der Waals surface area contributed by atoms with E-state index >= 15 is 0 Å². The Bertz CT molecular complexity index is 1140. The first kappa shape index (κ1) is 18.9. The first-order valence-electron chi connectivity index (χ1n) is 10.1. The van der Waals surface area contributed by atoms with Gasteiger partial charge in [0.2, 0.25) is 6.79 Å². The van der Waals surface area contributed by atoms with E-state index in [-0.39, 0.29) is 12.7 Å². The van der Waals surface area contributed by atoms with Crippen molar-refractivity contribution < 1.29 is 14.3 Å². The molecule has 3 aromatic rings. The molecule has 2 aliphatic rings. The quantitative estimate of drug-likeness (QED) is 0.556. The highest BCUT2D eigenvalue weighted by molar-refractivity contribution is 7.16. The van der Waals surface area contributed by atoms with Crippen LogP contribution in [0, 0.1) is 6.92 Å². The molecular weight excluding hydrogens is 396 g/mol. The maximum Gasteiger partial charge on any atom is 0.259 e. The molecular formula is C24H22N2O3S. The number of aliphatic imine (C=N–C) groups is 1. The first-order valence-corrected chi connectivity index (χ1v) is 11.0. The molecule has 0 saturated heterocycles. The van der Waals surface area contributed by atoms with Crippen LogP contribution in [0.1, 0.15) is 44.8 Å². The average Bonchev–Trinajstić information content (AvgIpc) is 3.36. The molecule has 0 saturated carbocycles. The predicted molar refractivity (Wildman–Crippen MR) is 120 cm³/mol. The maximum atomic E-state index is 13.2. The lowest BCUT2D eigenvalue weighted by atomic mass is 9.95. The standard InChI is InChI=1S/C24H22N2O3S/c1-15-11-19-20(29-14-28-19)12-16(15)13-25-24-22(18-9-5-6-10-21(18)30-24)23(27)26-17-7-3-2-4-8-17/h2-4,7-8,11-13H,5-6,9-10,14H2,1H3,(H,26,27)/b25-13+. The van der Waals surface area contributed by atoms with Gasteiger partial charge in [-0.3, -0.25) is 4.79 Å². The zero-order valence-electron chi connectivity index (χ0n) is 16.7. The molecule has 0 spiro atoms. The maximum absolute atomic E-state index is 13.2. The summed E-state index contributed by atoms with van der Waals surface area (Å²) in [5.41, 5.74) is 4.68. The van der Waals surface area contributed by atoms with Gasteiger partial charge < -0.3 is 14.8 Å². The molecule has 2 heterocycles. The number of carbonyl (C=O) groups excluding carboxylic acids is 1. The Hall–Kier alpha value is -3.12. The number of nitrogens with zero attached hydrogens (tertiary/aromatic N) is 1. The third-order valence-electron chi connectivity index (χ3n) is 5.49. The molecule has 0 radical (unpaired) electrons. The van der Waals surface area contributed by atoms with E-state index in [9.17, 15) is 4.79 Å². The summed E-state index contributed by atoms with van der Waals surface area (Å²) < 4.78 is 10.9. The zero-order valence-corrected chi connectivity index (χ0v) is 17.6. The number of rotatable bonds is 4. The minimum Gasteiger partial charge on any atom is -0.454 e. The third-order valence-corrected chi connectivity index (χ3v) is 6.69. The van der Waals surface area contributed by atoms with E-state index in [2.05, 4.69) is 5.32 Å². The van der Waals surface area contributed by atoms with Crippen molar-refractivity contribution in [2.75, 3.05) is 12.1 Å². The Balaban J connectivity index is 1.50. The van der Waals surface area contributed by atoms with Crippen LogP contribution in [0.5, 0.6) is 11.5 Å². The monoisotopic (exact) mass is 418 g/mol. The molecule has 5 rings (SSSR count). The van der Waals surface area contributed by atoms with Crippen molar-refractivity contribution in [3.05, 3.63) is 69.6 Å². The van der Waals surface area contributed by atoms with Crippen molar-refractivity contribution in [1.29, 1.82) is 0 Å². The van der Waals surface area contributed by atoms with Crippen molar-refractivity contribution in [1.82, 2.24) is 0 Å². The Morgan fingerprint density at radius 2 is 1.87 bits per heavy atom. The van der Waals surface area contributed by atoms with Gasteiger partial charge in [0, 0.05) is 16.8 Å². The second-order valence-corrected chi connectivity index (χ2v) is 8.62. The minimum absolute atomic E-state index is 0.0878. The summed E-state index contributed by atoms with van der Waals surface area (Å²) in [7, 11) is 0. The van der Waals surface area contributed by atoms with E-state index in [1.165, 1.54) is 4.88 Å². The van der Waals surface area contributed by atoms with Gasteiger partial charge in [-0.25, -0.2) is 4.99 Å². The predicted octanol–water partition coefficient (Wildman–Crippen LogP) is 5.67. The highest BCUT2D eigenvalue weighted by atomic mass is 32.1. The molecule has 1 aromatic heterocycles. The van der Waals surface area contributed by atoms with Gasteiger partial charge in [0.15, 0.2) is 11.5 Å². The number of amides is 1. The summed E-state index contributed by atoms with van der Waals surface area (Å²) in [5.74, 6) is 1.41. The van der Waals surface area contributed by atoms with Gasteiger partial charge in [-0.1, -0.05) is 18.2 Å². The number of carbonyl (C=O) groups is 1. The first-order chi connectivity index (χ1) is 14.7. The van der Waals surface area contributed by atoms with Gasteiger partial charge in [0.25, 0.3) is 5.91 Å². The van der Waals surface area contributed by atoms with E-state index < -0.39 is 0 Å². The number of hydrogen-bond acceptors (Lipinski definition) is 5. The molecule has 1 amide bonds. The van der Waals surface area contributed by atoms with Crippen LogP contribution in [0.2, 0.25) is 0 Å². The zero-order chi connectivity index (χ0) is 20.5. The number of hydrogen-bond donors (Lipinski definition) is 1. The van der Waals surface area contributed by atoms with Crippen LogP contribution >= 0.6 is 11.3 Å². The summed E-state index contributed by atoms with van der Waals surface area (Å²) in [6.07, 6.45) is 6.05. The molecule has 1 aliphatic heterocycles. The number of benzene rings is 2. The fourth-order valence-electron chi connectivity index (χ4n) is 3.92. The van der Waals surface area contributed by atoms with Crippen LogP contribution in [-0.2, 0) is 12.8 Å². The molecule has 6 heteroatoms. The molecule has 0 bridgehead atoms. The summed E-state index contributed by atoms with van der Waals surface area (Å²) in [5, 5.41) is 3.81. The third kappa shape index (κ3) is 3.59. The number of aryl methyl sites for hydroxylation is 2. The number of thiophene rings is 1. The Labute approximate surface area is 179 Å². The minimum atomic E-state index is -0.0878. The molecule has 0 atom stereocenters. The number of nitrogens with one attached hydrogen (secondary N) is 1. The van der Waals surface area contributed by atoms with E-state index in [1.54, 1.807) is 11.3 Å². The molecule has 30 heavy (non-hydrogen) atoms. The SMILES string of the molecule is Cc1cc2c(cc1/C=N/c1sc3c(c1C(=O)Nc1ccccc1)CCCC3)OCO2. The Kier molecular flexibility index (Phi) is 5.01. The van der Waals surface area contributed by atoms with E-state index in [0.29, 0.717) is 5.56 Å². The van der Waals surface area contributed by atoms with Crippen molar-refractivity contribution in [2.24, 2.45) is 4.99 Å². The van der Waals surface area contributed by atoms with E-state index in [4.69, 9.17) is 14.5 Å². The molecule has 0 unspecified atom stereocenters. The molecule has 1 N–H and O–H groups in total. The van der Waals surface area contributed by atoms with E-state index in [0.717, 1.165) is 64.6 Å². The molecule has 0 fully saturated rings. The number of anilines is 1. The topological polar surface area (TPSA) is 59.9 Å². The average molecular weight is 419 g/mol. The second-order valence-electron chi connectivity index (χ2n) is 7.53. The van der Waals surface area contributed by atoms with Crippen LogP contribution in [0.25, 0.3) is 0 Å². The van der Waals surface area contributed by atoms with Crippen molar-refractivity contribution in [3.63, 3.8) is 0 Å². The molecule has 1 aliphatic carbocycles. The normalized spacial score (nSPS) is 14.7. The van der Waals surface area contributed by atoms with Gasteiger partial charge >= 0.3 is 0 Å². The highest BCUT2D eigenvalue weighted by Crippen LogP contribution is 2.40. The fourth-order valence-corrected chi connectivity index (χ4v) is 5.15. The lowest BCUT2D eigenvalue weighted by Crippen LogP contribution is -2.14. The van der Waals surface area contributed by atoms with Gasteiger partial charge in [-0.2, -0.15) is 0 Å². The Morgan fingerprint density at radius 1 is 1.10 bits per heavy atom. The number of ether oxygens (including phenoxy) is 2. The Morgan fingerprint density at radius 3 is 2.70 bits per heavy atom. The van der Waals surface area contributed by atoms with Crippen molar-refractivity contribution >= 4 is 34.1 Å². The molecule has 2 aromatic carbocycles. The summed E-state index contributed by atoms with van der Waals surface area (Å²) >= 11 is 1.64. The van der Waals surface area contributed by atoms with Crippen molar-refractivity contribution in [3.8, 4) is 11.5 Å². The number of para-hydroxylation sites is 1. The number of fused-ring (bicyclic) bond motifs is 2. The highest BCUT2D eigenvalue weighted by Gasteiger charge is 2.25. The smallest absolute Gasteiger partial charge is 0.259 e. The summed E-state index contributed by atoms with van der Waals surface area (Å²) in [6, 6.07) is 13.5. The van der Waals surface area contributed by atoms with Crippen LogP contribution in [-0.4, -0.2) is 18.9 Å². The molecule has 5 nitrogen and oxygen atoms in total. The van der Waals surface area contributed by atoms with Crippen LogP contribution < -0.4 is 14.8 Å². The van der Waals surface area contributed by atoms with Crippen LogP contribution in [0.4, 0.5) is 10.7 Å². The lowest BCUT2D eigenvalue weighted by molar-refractivity contribution is 0.102. The van der Waals surface area contributed by atoms with Gasteiger partial charge in [-0.15, -0.1) is 11.3 Å². The molecule has 152 valence electrons.